The van der Waals surface area contributed by atoms with Crippen LogP contribution in [0.25, 0.3) is 0 Å². The van der Waals surface area contributed by atoms with Crippen molar-refractivity contribution >= 4 is 0 Å². The molecule has 0 aliphatic carbocycles. The molecule has 0 amide bonds. The second-order valence-corrected chi connectivity index (χ2v) is 7.04. The van der Waals surface area contributed by atoms with Crippen LogP contribution in [-0.4, -0.2) is 16.0 Å². The third-order valence-electron chi connectivity index (χ3n) is 5.39. The summed E-state index contributed by atoms with van der Waals surface area (Å²) in [6.45, 7) is 4.77. The number of fused-ring (bicyclic) bond motifs is 1. The SMILES string of the molecule is CCc1ccc(C2c3cccn3CCCN2Cc2ccccc2F)cc1. The van der Waals surface area contributed by atoms with Crippen molar-refractivity contribution in [2.75, 3.05) is 6.54 Å². The van der Waals surface area contributed by atoms with Gasteiger partial charge in [0.15, 0.2) is 0 Å². The molecular weight excluding hydrogens is 323 g/mol. The Morgan fingerprint density at radius 2 is 1.77 bits per heavy atom. The molecular formula is C23H25FN2. The van der Waals surface area contributed by atoms with E-state index in [2.05, 4.69) is 59.0 Å². The molecule has 4 rings (SSSR count). The van der Waals surface area contributed by atoms with Crippen molar-refractivity contribution in [3.8, 4) is 0 Å². The lowest BCUT2D eigenvalue weighted by atomic mass is 9.99. The van der Waals surface area contributed by atoms with Crippen molar-refractivity contribution in [3.05, 3.63) is 95.1 Å². The standard InChI is InChI=1S/C23H25FN2/c1-2-18-10-12-19(13-11-18)23-22-9-5-14-25(22)15-6-16-26(23)17-20-7-3-4-8-21(20)24/h3-5,7-14,23H,2,6,15-17H2,1H3. The number of hydrogen-bond donors (Lipinski definition) is 0. The Labute approximate surface area is 154 Å². The molecule has 2 aromatic carbocycles. The summed E-state index contributed by atoms with van der Waals surface area (Å²) in [5.74, 6) is -0.118. The molecule has 1 unspecified atom stereocenters. The maximum atomic E-state index is 14.3. The van der Waals surface area contributed by atoms with Gasteiger partial charge in [-0.2, -0.15) is 0 Å². The third kappa shape index (κ3) is 3.32. The molecule has 0 fully saturated rings. The molecule has 26 heavy (non-hydrogen) atoms. The molecule has 3 heteroatoms. The third-order valence-corrected chi connectivity index (χ3v) is 5.39. The van der Waals surface area contributed by atoms with E-state index in [4.69, 9.17) is 0 Å². The van der Waals surface area contributed by atoms with Gasteiger partial charge in [-0.1, -0.05) is 49.4 Å². The van der Waals surface area contributed by atoms with Crippen molar-refractivity contribution in [2.24, 2.45) is 0 Å². The van der Waals surface area contributed by atoms with Crippen LogP contribution in [0.3, 0.4) is 0 Å². The quantitative estimate of drug-likeness (QED) is 0.630. The predicted octanol–water partition coefficient (Wildman–Crippen LogP) is 5.18. The first-order valence-electron chi connectivity index (χ1n) is 9.47. The number of hydrogen-bond acceptors (Lipinski definition) is 1. The van der Waals surface area contributed by atoms with Gasteiger partial charge in [0.1, 0.15) is 5.82 Å². The molecule has 3 aromatic rings. The maximum Gasteiger partial charge on any atom is 0.127 e. The Kier molecular flexibility index (Phi) is 4.89. The second kappa shape index (κ2) is 7.46. The van der Waals surface area contributed by atoms with Gasteiger partial charge in [-0.25, -0.2) is 4.39 Å². The van der Waals surface area contributed by atoms with Crippen LogP contribution in [0.1, 0.15) is 41.8 Å². The van der Waals surface area contributed by atoms with Crippen LogP contribution in [0.4, 0.5) is 4.39 Å². The van der Waals surface area contributed by atoms with Crippen molar-refractivity contribution < 1.29 is 4.39 Å². The van der Waals surface area contributed by atoms with E-state index in [1.165, 1.54) is 16.8 Å². The van der Waals surface area contributed by atoms with Crippen LogP contribution in [-0.2, 0) is 19.5 Å². The molecule has 1 aliphatic heterocycles. The van der Waals surface area contributed by atoms with Gasteiger partial charge < -0.3 is 4.57 Å². The summed E-state index contributed by atoms with van der Waals surface area (Å²) < 4.78 is 16.6. The van der Waals surface area contributed by atoms with Crippen molar-refractivity contribution in [1.29, 1.82) is 0 Å². The number of benzene rings is 2. The van der Waals surface area contributed by atoms with E-state index in [1.54, 1.807) is 12.1 Å². The highest BCUT2D eigenvalue weighted by Gasteiger charge is 2.27. The van der Waals surface area contributed by atoms with Crippen LogP contribution in [0.2, 0.25) is 0 Å². The molecule has 0 radical (unpaired) electrons. The monoisotopic (exact) mass is 348 g/mol. The Hall–Kier alpha value is -2.39. The fraction of sp³-hybridized carbons (Fsp3) is 0.304. The number of aryl methyl sites for hydroxylation is 2. The normalized spacial score (nSPS) is 17.7. The summed E-state index contributed by atoms with van der Waals surface area (Å²) in [6.07, 6.45) is 4.27. The molecule has 2 heterocycles. The minimum Gasteiger partial charge on any atom is -0.350 e. The van der Waals surface area contributed by atoms with E-state index in [1.807, 2.05) is 12.1 Å². The van der Waals surface area contributed by atoms with Crippen LogP contribution >= 0.6 is 0 Å². The van der Waals surface area contributed by atoms with E-state index in [0.717, 1.165) is 31.5 Å². The van der Waals surface area contributed by atoms with Gasteiger partial charge in [0.2, 0.25) is 0 Å². The number of aromatic nitrogens is 1. The van der Waals surface area contributed by atoms with Crippen molar-refractivity contribution in [1.82, 2.24) is 9.47 Å². The van der Waals surface area contributed by atoms with Crippen molar-refractivity contribution in [2.45, 2.75) is 38.9 Å². The van der Waals surface area contributed by atoms with Crippen LogP contribution in [0.5, 0.6) is 0 Å². The van der Waals surface area contributed by atoms with Crippen LogP contribution in [0.15, 0.2) is 66.9 Å². The van der Waals surface area contributed by atoms with Gasteiger partial charge in [-0.15, -0.1) is 0 Å². The first-order chi connectivity index (χ1) is 12.8. The van der Waals surface area contributed by atoms with E-state index < -0.39 is 0 Å². The molecule has 0 saturated carbocycles. The average molecular weight is 348 g/mol. The predicted molar refractivity (Wildman–Crippen MR) is 104 cm³/mol. The first-order valence-corrected chi connectivity index (χ1v) is 9.47. The molecule has 0 bridgehead atoms. The average Bonchev–Trinajstić information content (AvgIpc) is 3.05. The van der Waals surface area contributed by atoms with Gasteiger partial charge in [0.25, 0.3) is 0 Å². The highest BCUT2D eigenvalue weighted by Crippen LogP contribution is 2.33. The van der Waals surface area contributed by atoms with Gasteiger partial charge in [-0.05, 0) is 42.2 Å². The van der Waals surface area contributed by atoms with Crippen molar-refractivity contribution in [3.63, 3.8) is 0 Å². The van der Waals surface area contributed by atoms with Gasteiger partial charge in [0.05, 0.1) is 6.04 Å². The second-order valence-electron chi connectivity index (χ2n) is 7.04. The Morgan fingerprint density at radius 3 is 2.54 bits per heavy atom. The zero-order valence-electron chi connectivity index (χ0n) is 15.2. The van der Waals surface area contributed by atoms with E-state index in [9.17, 15) is 4.39 Å². The summed E-state index contributed by atoms with van der Waals surface area (Å²) in [6, 6.07) is 20.5. The summed E-state index contributed by atoms with van der Waals surface area (Å²) in [5, 5.41) is 0. The lowest BCUT2D eigenvalue weighted by molar-refractivity contribution is 0.217. The molecule has 134 valence electrons. The fourth-order valence-electron chi connectivity index (χ4n) is 3.97. The molecule has 0 N–H and O–H groups in total. The van der Waals surface area contributed by atoms with Crippen LogP contribution < -0.4 is 0 Å². The summed E-state index contributed by atoms with van der Waals surface area (Å²) >= 11 is 0. The van der Waals surface area contributed by atoms with E-state index in [-0.39, 0.29) is 11.9 Å². The fourth-order valence-corrected chi connectivity index (χ4v) is 3.97. The van der Waals surface area contributed by atoms with Gasteiger partial charge in [0, 0.05) is 37.1 Å². The molecule has 0 spiro atoms. The van der Waals surface area contributed by atoms with Gasteiger partial charge >= 0.3 is 0 Å². The highest BCUT2D eigenvalue weighted by molar-refractivity contribution is 5.32. The molecule has 1 atom stereocenters. The summed E-state index contributed by atoms with van der Waals surface area (Å²) in [7, 11) is 0. The summed E-state index contributed by atoms with van der Waals surface area (Å²) in [5.41, 5.74) is 4.68. The number of halogens is 1. The Bertz CT molecular complexity index is 866. The lowest BCUT2D eigenvalue weighted by Gasteiger charge is -2.31. The summed E-state index contributed by atoms with van der Waals surface area (Å²) in [4.78, 5) is 2.41. The molecule has 2 nitrogen and oxygen atoms in total. The van der Waals surface area contributed by atoms with E-state index >= 15 is 0 Å². The Morgan fingerprint density at radius 1 is 0.962 bits per heavy atom. The molecule has 1 aliphatic rings. The smallest absolute Gasteiger partial charge is 0.127 e. The zero-order chi connectivity index (χ0) is 17.9. The first kappa shape index (κ1) is 17.0. The van der Waals surface area contributed by atoms with E-state index in [0.29, 0.717) is 6.54 Å². The lowest BCUT2D eigenvalue weighted by Crippen LogP contribution is -2.29. The number of rotatable bonds is 4. The minimum absolute atomic E-state index is 0.118. The van der Waals surface area contributed by atoms with Crippen LogP contribution in [0, 0.1) is 5.82 Å². The largest absolute Gasteiger partial charge is 0.350 e. The highest BCUT2D eigenvalue weighted by atomic mass is 19.1. The van der Waals surface area contributed by atoms with Gasteiger partial charge in [-0.3, -0.25) is 4.90 Å². The molecule has 0 saturated heterocycles. The molecule has 1 aromatic heterocycles. The number of nitrogens with zero attached hydrogens (tertiary/aromatic N) is 2. The minimum atomic E-state index is -0.118. The topological polar surface area (TPSA) is 8.17 Å². The zero-order valence-corrected chi connectivity index (χ0v) is 15.2. The Balaban J connectivity index is 1.74. The maximum absolute atomic E-state index is 14.3.